The molecule has 2 aliphatic rings. The van der Waals surface area contributed by atoms with E-state index in [1.807, 2.05) is 24.4 Å². The quantitative estimate of drug-likeness (QED) is 0.892. The van der Waals surface area contributed by atoms with Crippen molar-refractivity contribution in [1.82, 2.24) is 19.9 Å². The van der Waals surface area contributed by atoms with Crippen molar-refractivity contribution in [1.29, 1.82) is 0 Å². The van der Waals surface area contributed by atoms with Crippen LogP contribution in [0.5, 0.6) is 0 Å². The first-order chi connectivity index (χ1) is 13.1. The van der Waals surface area contributed by atoms with E-state index in [1.54, 1.807) is 0 Å². The Morgan fingerprint density at radius 2 is 1.89 bits per heavy atom. The Labute approximate surface area is 160 Å². The summed E-state index contributed by atoms with van der Waals surface area (Å²) in [5, 5.41) is 7.79. The monoisotopic (exact) mass is 371 g/mol. The Morgan fingerprint density at radius 1 is 1.15 bits per heavy atom. The minimum Gasteiger partial charge on any atom is -0.381 e. The van der Waals surface area contributed by atoms with Gasteiger partial charge in [0.1, 0.15) is 5.82 Å². The maximum Gasteiger partial charge on any atom is 0.220 e. The van der Waals surface area contributed by atoms with E-state index in [9.17, 15) is 4.79 Å². The van der Waals surface area contributed by atoms with Gasteiger partial charge in [0.15, 0.2) is 5.65 Å². The lowest BCUT2D eigenvalue weighted by atomic mass is 9.93. The van der Waals surface area contributed by atoms with E-state index in [1.165, 1.54) is 0 Å². The fourth-order valence-corrected chi connectivity index (χ4v) is 4.18. The molecule has 2 saturated heterocycles. The predicted molar refractivity (Wildman–Crippen MR) is 104 cm³/mol. The van der Waals surface area contributed by atoms with Crippen LogP contribution in [0.15, 0.2) is 12.1 Å². The van der Waals surface area contributed by atoms with Gasteiger partial charge in [0.05, 0.1) is 5.69 Å². The highest BCUT2D eigenvalue weighted by Gasteiger charge is 2.25. The van der Waals surface area contributed by atoms with Gasteiger partial charge in [-0.25, -0.2) is 4.98 Å². The van der Waals surface area contributed by atoms with E-state index in [2.05, 4.69) is 26.4 Å². The van der Waals surface area contributed by atoms with Crippen molar-refractivity contribution < 1.29 is 9.53 Å². The molecule has 0 radical (unpaired) electrons. The third kappa shape index (κ3) is 4.24. The molecule has 2 aromatic heterocycles. The van der Waals surface area contributed by atoms with Gasteiger partial charge in [-0.05, 0) is 45.4 Å². The molecule has 0 aromatic carbocycles. The molecule has 7 nitrogen and oxygen atoms in total. The molecule has 146 valence electrons. The summed E-state index contributed by atoms with van der Waals surface area (Å²) in [7, 11) is 0. The summed E-state index contributed by atoms with van der Waals surface area (Å²) < 4.78 is 7.30. The Morgan fingerprint density at radius 3 is 2.63 bits per heavy atom. The molecule has 1 N–H and O–H groups in total. The molecule has 4 heterocycles. The van der Waals surface area contributed by atoms with E-state index >= 15 is 0 Å². The van der Waals surface area contributed by atoms with Gasteiger partial charge >= 0.3 is 0 Å². The first kappa shape index (κ1) is 18.2. The molecule has 7 heteroatoms. The van der Waals surface area contributed by atoms with Gasteiger partial charge in [-0.2, -0.15) is 9.61 Å². The van der Waals surface area contributed by atoms with Crippen LogP contribution >= 0.6 is 0 Å². The van der Waals surface area contributed by atoms with Crippen LogP contribution in [0.4, 0.5) is 5.82 Å². The van der Waals surface area contributed by atoms with Crippen molar-refractivity contribution in [3.63, 3.8) is 0 Å². The van der Waals surface area contributed by atoms with Crippen LogP contribution in [-0.2, 0) is 9.53 Å². The largest absolute Gasteiger partial charge is 0.381 e. The summed E-state index contributed by atoms with van der Waals surface area (Å²) in [5.74, 6) is 1.76. The second-order valence-electron chi connectivity index (χ2n) is 7.90. The lowest BCUT2D eigenvalue weighted by Gasteiger charge is -2.33. The van der Waals surface area contributed by atoms with Crippen LogP contribution in [-0.4, -0.2) is 52.9 Å². The molecule has 2 fully saturated rings. The van der Waals surface area contributed by atoms with E-state index in [0.717, 1.165) is 74.8 Å². The molecule has 4 rings (SSSR count). The van der Waals surface area contributed by atoms with Gasteiger partial charge in [-0.15, -0.1) is 0 Å². The van der Waals surface area contributed by atoms with Gasteiger partial charge in [0, 0.05) is 56.6 Å². The van der Waals surface area contributed by atoms with Gasteiger partial charge < -0.3 is 15.0 Å². The summed E-state index contributed by atoms with van der Waals surface area (Å²) in [6, 6.07) is 4.42. The minimum atomic E-state index is 0.199. The first-order valence-electron chi connectivity index (χ1n) is 10.0. The van der Waals surface area contributed by atoms with Crippen LogP contribution in [0.2, 0.25) is 0 Å². The van der Waals surface area contributed by atoms with Crippen LogP contribution in [0.3, 0.4) is 0 Å². The molecule has 0 bridgehead atoms. The lowest BCUT2D eigenvalue weighted by Crippen LogP contribution is -2.41. The smallest absolute Gasteiger partial charge is 0.220 e. The number of carbonyl (C=O) groups excluding carboxylic acids is 1. The fraction of sp³-hybridized carbons (Fsp3) is 0.650. The molecule has 2 aromatic rings. The van der Waals surface area contributed by atoms with Crippen LogP contribution in [0.25, 0.3) is 5.65 Å². The molecular weight excluding hydrogens is 342 g/mol. The molecule has 0 saturated carbocycles. The number of piperidine rings is 1. The number of ether oxygens (including phenoxy) is 1. The van der Waals surface area contributed by atoms with E-state index in [0.29, 0.717) is 18.4 Å². The zero-order valence-corrected chi connectivity index (χ0v) is 16.3. The third-order valence-electron chi connectivity index (χ3n) is 5.66. The molecule has 0 unspecified atom stereocenters. The normalized spacial score (nSPS) is 19.6. The average Bonchev–Trinajstić information content (AvgIpc) is 3.02. The highest BCUT2D eigenvalue weighted by Crippen LogP contribution is 2.26. The number of aryl methyl sites for hydroxylation is 2. The number of rotatable bonds is 4. The second-order valence-corrected chi connectivity index (χ2v) is 7.90. The zero-order chi connectivity index (χ0) is 18.8. The summed E-state index contributed by atoms with van der Waals surface area (Å²) in [4.78, 5) is 19.3. The van der Waals surface area contributed by atoms with Crippen molar-refractivity contribution >= 4 is 17.4 Å². The second kappa shape index (κ2) is 7.84. The lowest BCUT2D eigenvalue weighted by molar-refractivity contribution is -0.123. The van der Waals surface area contributed by atoms with Crippen LogP contribution in [0, 0.1) is 19.8 Å². The zero-order valence-electron chi connectivity index (χ0n) is 16.3. The number of anilines is 1. The Kier molecular flexibility index (Phi) is 5.29. The van der Waals surface area contributed by atoms with Crippen LogP contribution < -0.4 is 10.2 Å². The van der Waals surface area contributed by atoms with Crippen molar-refractivity contribution in [3.8, 4) is 0 Å². The van der Waals surface area contributed by atoms with Crippen molar-refractivity contribution in [3.05, 3.63) is 23.5 Å². The van der Waals surface area contributed by atoms with E-state index in [4.69, 9.17) is 4.74 Å². The van der Waals surface area contributed by atoms with Gasteiger partial charge in [-0.1, -0.05) is 0 Å². The minimum absolute atomic E-state index is 0.199. The highest BCUT2D eigenvalue weighted by molar-refractivity contribution is 5.76. The summed E-state index contributed by atoms with van der Waals surface area (Å²) in [6.45, 7) is 7.45. The molecule has 0 atom stereocenters. The maximum atomic E-state index is 12.4. The fourth-order valence-electron chi connectivity index (χ4n) is 4.18. The molecule has 2 aliphatic heterocycles. The highest BCUT2D eigenvalue weighted by atomic mass is 16.5. The van der Waals surface area contributed by atoms with Crippen molar-refractivity contribution in [2.24, 2.45) is 5.92 Å². The number of amides is 1. The third-order valence-corrected chi connectivity index (χ3v) is 5.66. The average molecular weight is 371 g/mol. The molecule has 0 aliphatic carbocycles. The van der Waals surface area contributed by atoms with Crippen LogP contribution in [0.1, 0.15) is 43.5 Å². The van der Waals surface area contributed by atoms with E-state index in [-0.39, 0.29) is 5.91 Å². The number of aromatic nitrogens is 3. The molecule has 27 heavy (non-hydrogen) atoms. The van der Waals surface area contributed by atoms with Gasteiger partial charge in [0.25, 0.3) is 0 Å². The number of carbonyl (C=O) groups is 1. The molecular formula is C20H29N5O2. The summed E-state index contributed by atoms with van der Waals surface area (Å²) >= 11 is 0. The molecule has 0 spiro atoms. The number of hydrogen-bond acceptors (Lipinski definition) is 5. The van der Waals surface area contributed by atoms with Crippen molar-refractivity contribution in [2.75, 3.05) is 31.2 Å². The van der Waals surface area contributed by atoms with Gasteiger partial charge in [-0.3, -0.25) is 4.79 Å². The number of fused-ring (bicyclic) bond motifs is 1. The van der Waals surface area contributed by atoms with Gasteiger partial charge in [0.2, 0.25) is 5.91 Å². The Balaban J connectivity index is 1.34. The molecule has 1 amide bonds. The predicted octanol–water partition coefficient (Wildman–Crippen LogP) is 2.25. The van der Waals surface area contributed by atoms with Crippen molar-refractivity contribution in [2.45, 2.75) is 52.0 Å². The number of nitrogens with one attached hydrogen (secondary N) is 1. The SMILES string of the molecule is Cc1cc(N2CCC(CC(=O)NC3CCOCC3)CC2)n2nc(C)cc2n1. The Bertz CT molecular complexity index is 804. The summed E-state index contributed by atoms with van der Waals surface area (Å²) in [5.41, 5.74) is 2.89. The first-order valence-corrected chi connectivity index (χ1v) is 10.0. The maximum absolute atomic E-state index is 12.4. The Hall–Kier alpha value is -2.15. The number of hydrogen-bond donors (Lipinski definition) is 1. The number of nitrogens with zero attached hydrogens (tertiary/aromatic N) is 4. The van der Waals surface area contributed by atoms with E-state index < -0.39 is 0 Å². The standard InChI is InChI=1S/C20H29N5O2/c1-14-12-20(25-18(21-14)11-15(2)23-25)24-7-3-16(4-8-24)13-19(26)22-17-5-9-27-10-6-17/h11-12,16-17H,3-10,13H2,1-2H3,(H,22,26). The topological polar surface area (TPSA) is 71.8 Å². The summed E-state index contributed by atoms with van der Waals surface area (Å²) in [6.07, 6.45) is 4.57.